The molecule has 33 heavy (non-hydrogen) atoms. The molecule has 164 valence electrons. The van der Waals surface area contributed by atoms with Gasteiger partial charge in [0.05, 0.1) is 11.3 Å². The molecule has 1 aromatic carbocycles. The number of carbonyl (C=O) groups is 1. The molecule has 2 aliphatic rings. The molecular weight excluding hydrogens is 414 g/mol. The van der Waals surface area contributed by atoms with Crippen LogP contribution in [0.5, 0.6) is 0 Å². The summed E-state index contributed by atoms with van der Waals surface area (Å²) in [5.74, 6) is 1.32. The van der Waals surface area contributed by atoms with Crippen LogP contribution in [-0.4, -0.2) is 48.3 Å². The Labute approximate surface area is 191 Å². The minimum Gasteiger partial charge on any atom is -0.351 e. The number of aromatic amines is 1. The summed E-state index contributed by atoms with van der Waals surface area (Å²) in [7, 11) is 0. The van der Waals surface area contributed by atoms with Gasteiger partial charge in [0, 0.05) is 55.9 Å². The molecule has 0 fully saturated rings. The molecule has 0 radical (unpaired) electrons. The Bertz CT molecular complexity index is 1280. The first-order valence-corrected chi connectivity index (χ1v) is 11.2. The Morgan fingerprint density at radius 3 is 2.58 bits per heavy atom. The number of carbonyl (C=O) groups excluding carboxylic acids is 1. The van der Waals surface area contributed by atoms with Crippen LogP contribution < -0.4 is 5.32 Å². The highest BCUT2D eigenvalue weighted by Gasteiger charge is 2.25. The number of amides is 1. The molecule has 0 bridgehead atoms. The summed E-state index contributed by atoms with van der Waals surface area (Å²) in [6.07, 6.45) is 9.58. The predicted molar refractivity (Wildman–Crippen MR) is 124 cm³/mol. The van der Waals surface area contributed by atoms with E-state index < -0.39 is 0 Å². The van der Waals surface area contributed by atoms with Crippen molar-refractivity contribution in [2.75, 3.05) is 11.9 Å². The normalized spacial score (nSPS) is 15.2. The fraction of sp³-hybridized carbons (Fsp3) is 0.240. The van der Waals surface area contributed by atoms with Gasteiger partial charge in [-0.1, -0.05) is 24.3 Å². The van der Waals surface area contributed by atoms with Crippen LogP contribution in [0.3, 0.4) is 0 Å². The van der Waals surface area contributed by atoms with Crippen LogP contribution >= 0.6 is 0 Å². The van der Waals surface area contributed by atoms with Gasteiger partial charge < -0.3 is 15.2 Å². The van der Waals surface area contributed by atoms with Gasteiger partial charge >= 0.3 is 0 Å². The molecule has 3 aromatic heterocycles. The van der Waals surface area contributed by atoms with Crippen molar-refractivity contribution >= 4 is 11.9 Å². The standard InChI is InChI=1S/C25H23N7O/c33-24(18-5-6-22(28-13-18)23-26-8-9-27-23)32-10-7-21-19(15-32)14-29-25(31-21)30-20-11-16-3-1-2-4-17(16)12-20/h1-6,8-9,13-14,20H,7,10-12,15H2,(H,26,27)(H,29,30,31). The summed E-state index contributed by atoms with van der Waals surface area (Å²) in [6, 6.07) is 12.5. The zero-order chi connectivity index (χ0) is 22.2. The van der Waals surface area contributed by atoms with E-state index in [4.69, 9.17) is 4.98 Å². The van der Waals surface area contributed by atoms with Crippen molar-refractivity contribution in [1.29, 1.82) is 0 Å². The number of imidazole rings is 1. The maximum atomic E-state index is 13.0. The molecule has 0 spiro atoms. The Kier molecular flexibility index (Phi) is 4.83. The summed E-state index contributed by atoms with van der Waals surface area (Å²) in [5, 5.41) is 3.50. The van der Waals surface area contributed by atoms with Gasteiger partial charge in [0.2, 0.25) is 5.95 Å². The van der Waals surface area contributed by atoms with Gasteiger partial charge in [-0.15, -0.1) is 0 Å². The van der Waals surface area contributed by atoms with E-state index in [0.717, 1.165) is 24.1 Å². The number of hydrogen-bond acceptors (Lipinski definition) is 6. The summed E-state index contributed by atoms with van der Waals surface area (Å²) in [4.78, 5) is 35.8. The molecule has 1 amide bonds. The third-order valence-electron chi connectivity index (χ3n) is 6.36. The summed E-state index contributed by atoms with van der Waals surface area (Å²) >= 11 is 0. The molecule has 0 saturated heterocycles. The van der Waals surface area contributed by atoms with Crippen molar-refractivity contribution in [3.63, 3.8) is 0 Å². The zero-order valence-corrected chi connectivity index (χ0v) is 18.0. The highest BCUT2D eigenvalue weighted by molar-refractivity contribution is 5.94. The summed E-state index contributed by atoms with van der Waals surface area (Å²) < 4.78 is 0. The Morgan fingerprint density at radius 1 is 1.00 bits per heavy atom. The minimum absolute atomic E-state index is 0.0370. The van der Waals surface area contributed by atoms with Crippen LogP contribution in [-0.2, 0) is 25.8 Å². The molecule has 8 nitrogen and oxygen atoms in total. The topological polar surface area (TPSA) is 99.7 Å². The second-order valence-electron chi connectivity index (χ2n) is 8.53. The average molecular weight is 438 g/mol. The fourth-order valence-electron chi connectivity index (χ4n) is 4.65. The zero-order valence-electron chi connectivity index (χ0n) is 18.0. The van der Waals surface area contributed by atoms with Gasteiger partial charge in [-0.2, -0.15) is 0 Å². The highest BCUT2D eigenvalue weighted by Crippen LogP contribution is 2.25. The van der Waals surface area contributed by atoms with Crippen molar-refractivity contribution in [2.45, 2.75) is 31.8 Å². The monoisotopic (exact) mass is 437 g/mol. The van der Waals surface area contributed by atoms with E-state index in [9.17, 15) is 4.79 Å². The van der Waals surface area contributed by atoms with Gasteiger partial charge in [0.1, 0.15) is 5.69 Å². The van der Waals surface area contributed by atoms with Crippen LogP contribution in [0.1, 0.15) is 32.7 Å². The van der Waals surface area contributed by atoms with Gasteiger partial charge in [0.25, 0.3) is 5.91 Å². The van der Waals surface area contributed by atoms with Gasteiger partial charge in [-0.05, 0) is 36.1 Å². The second kappa shape index (κ2) is 8.12. The lowest BCUT2D eigenvalue weighted by molar-refractivity contribution is 0.0733. The van der Waals surface area contributed by atoms with Crippen LogP contribution in [0.4, 0.5) is 5.95 Å². The number of anilines is 1. The van der Waals surface area contributed by atoms with E-state index in [0.29, 0.717) is 48.6 Å². The molecule has 2 N–H and O–H groups in total. The molecule has 6 rings (SSSR count). The SMILES string of the molecule is O=C(c1ccc(-c2ncc[nH]2)nc1)N1CCc2nc(NC3Cc4ccccc4C3)ncc2C1. The molecular formula is C25H23N7O. The van der Waals surface area contributed by atoms with Crippen molar-refractivity contribution in [1.82, 2.24) is 29.8 Å². The number of nitrogens with zero attached hydrogens (tertiary/aromatic N) is 5. The van der Waals surface area contributed by atoms with Gasteiger partial charge in [-0.25, -0.2) is 15.0 Å². The number of benzene rings is 1. The number of pyridine rings is 1. The van der Waals surface area contributed by atoms with Crippen molar-refractivity contribution in [3.8, 4) is 11.5 Å². The minimum atomic E-state index is -0.0370. The number of fused-ring (bicyclic) bond motifs is 2. The van der Waals surface area contributed by atoms with E-state index in [1.165, 1.54) is 11.1 Å². The Hall–Kier alpha value is -4.07. The smallest absolute Gasteiger partial charge is 0.255 e. The van der Waals surface area contributed by atoms with E-state index in [1.807, 2.05) is 17.2 Å². The van der Waals surface area contributed by atoms with E-state index in [-0.39, 0.29) is 5.91 Å². The van der Waals surface area contributed by atoms with Crippen LogP contribution in [0.2, 0.25) is 0 Å². The molecule has 0 unspecified atom stereocenters. The molecule has 1 aliphatic heterocycles. The third-order valence-corrected chi connectivity index (χ3v) is 6.36. The van der Waals surface area contributed by atoms with Gasteiger partial charge in [0.15, 0.2) is 5.82 Å². The van der Waals surface area contributed by atoms with E-state index >= 15 is 0 Å². The first-order valence-electron chi connectivity index (χ1n) is 11.2. The molecule has 4 aromatic rings. The Balaban J connectivity index is 1.12. The van der Waals surface area contributed by atoms with Crippen LogP contribution in [0, 0.1) is 0 Å². The van der Waals surface area contributed by atoms with Crippen molar-refractivity contribution in [2.24, 2.45) is 0 Å². The molecule has 4 heterocycles. The maximum Gasteiger partial charge on any atom is 0.255 e. The van der Waals surface area contributed by atoms with E-state index in [2.05, 4.69) is 49.5 Å². The average Bonchev–Trinajstić information content (AvgIpc) is 3.53. The van der Waals surface area contributed by atoms with Crippen LogP contribution in [0.15, 0.2) is 61.2 Å². The first kappa shape index (κ1) is 19.6. The highest BCUT2D eigenvalue weighted by atomic mass is 16.2. The van der Waals surface area contributed by atoms with Crippen LogP contribution in [0.25, 0.3) is 11.5 Å². The van der Waals surface area contributed by atoms with Gasteiger partial charge in [-0.3, -0.25) is 9.78 Å². The molecule has 1 aliphatic carbocycles. The lowest BCUT2D eigenvalue weighted by Crippen LogP contribution is -2.36. The number of rotatable bonds is 4. The molecule has 0 atom stereocenters. The number of aromatic nitrogens is 5. The van der Waals surface area contributed by atoms with Crippen molar-refractivity contribution in [3.05, 3.63) is 89.1 Å². The number of nitrogens with one attached hydrogen (secondary N) is 2. The summed E-state index contributed by atoms with van der Waals surface area (Å²) in [6.45, 7) is 1.13. The largest absolute Gasteiger partial charge is 0.351 e. The second-order valence-corrected chi connectivity index (χ2v) is 8.53. The first-order chi connectivity index (χ1) is 16.2. The predicted octanol–water partition coefficient (Wildman–Crippen LogP) is 3.04. The van der Waals surface area contributed by atoms with E-state index in [1.54, 1.807) is 24.7 Å². The summed E-state index contributed by atoms with van der Waals surface area (Å²) in [5.41, 5.74) is 6.07. The maximum absolute atomic E-state index is 13.0. The number of H-pyrrole nitrogens is 1. The quantitative estimate of drug-likeness (QED) is 0.509. The molecule has 8 heteroatoms. The molecule has 0 saturated carbocycles. The lowest BCUT2D eigenvalue weighted by Gasteiger charge is -2.28. The fourth-order valence-corrected chi connectivity index (χ4v) is 4.65. The number of hydrogen-bond donors (Lipinski definition) is 2. The van der Waals surface area contributed by atoms with Crippen molar-refractivity contribution < 1.29 is 4.79 Å². The lowest BCUT2D eigenvalue weighted by atomic mass is 10.1. The Morgan fingerprint density at radius 2 is 1.85 bits per heavy atom. The third kappa shape index (κ3) is 3.84.